The summed E-state index contributed by atoms with van der Waals surface area (Å²) < 4.78 is 0. The zero-order valence-electron chi connectivity index (χ0n) is 17.6. The van der Waals surface area contributed by atoms with Crippen LogP contribution in [0.1, 0.15) is 49.9 Å². The summed E-state index contributed by atoms with van der Waals surface area (Å²) >= 11 is 0. The van der Waals surface area contributed by atoms with Gasteiger partial charge < -0.3 is 12.4 Å². The molecule has 0 fully saturated rings. The Labute approximate surface area is 171 Å². The van der Waals surface area contributed by atoms with Crippen molar-refractivity contribution in [2.75, 3.05) is 13.2 Å². The van der Waals surface area contributed by atoms with Gasteiger partial charge in [-0.25, -0.2) is 0 Å². The lowest BCUT2D eigenvalue weighted by Gasteiger charge is -2.32. The van der Waals surface area contributed by atoms with E-state index < -0.39 is 0 Å². The number of benzene rings is 2. The molecule has 27 heavy (non-hydrogen) atoms. The van der Waals surface area contributed by atoms with E-state index in [1.54, 1.807) is 0 Å². The summed E-state index contributed by atoms with van der Waals surface area (Å²) in [4.78, 5) is 12.6. The molecule has 0 aliphatic heterocycles. The molecule has 0 N–H and O–H groups in total. The van der Waals surface area contributed by atoms with Crippen LogP contribution in [0.4, 0.5) is 0 Å². The molecule has 1 unspecified atom stereocenters. The molecule has 2 rings (SSSR count). The van der Waals surface area contributed by atoms with Gasteiger partial charge in [-0.05, 0) is 68.9 Å². The van der Waals surface area contributed by atoms with Crippen molar-refractivity contribution in [3.8, 4) is 5.75 Å². The fourth-order valence-electron chi connectivity index (χ4n) is 3.20. The molecule has 150 valence electrons. The predicted molar refractivity (Wildman–Crippen MR) is 108 cm³/mol. The minimum atomic E-state index is 0. The third kappa shape index (κ3) is 6.53. The van der Waals surface area contributed by atoms with Gasteiger partial charge in [0.2, 0.25) is 0 Å². The van der Waals surface area contributed by atoms with Gasteiger partial charge in [-0.15, -0.1) is 0 Å². The van der Waals surface area contributed by atoms with E-state index in [4.69, 9.17) is 9.68 Å². The SMILES string of the molecule is CCO[N+](CC)(Cc1cccc(C)c1C)Oc1ccc(CC(C)C)cc1.[Cl-]. The number of nitrogens with zero attached hydrogens (tertiary/aromatic N) is 1. The standard InChI is InChI=1S/C23H34NO2.ClH/c1-7-24(25-8-2,17-22-11-9-10-19(5)20(22)6)26-23-14-12-21(13-15-23)16-18(3)4;/h9-15,18H,7-8,16-17H2,1-6H3;1H/q+1;/p-1. The van der Waals surface area contributed by atoms with Gasteiger partial charge in [-0.2, -0.15) is 4.84 Å². The molecule has 3 nitrogen and oxygen atoms in total. The number of hydroxylamine groups is 4. The van der Waals surface area contributed by atoms with Crippen molar-refractivity contribution in [3.63, 3.8) is 0 Å². The van der Waals surface area contributed by atoms with Crippen LogP contribution in [-0.4, -0.2) is 18.0 Å². The maximum atomic E-state index is 6.37. The Kier molecular flexibility index (Phi) is 9.31. The van der Waals surface area contributed by atoms with E-state index in [0.717, 1.165) is 18.7 Å². The second-order valence-electron chi connectivity index (χ2n) is 7.40. The van der Waals surface area contributed by atoms with Crippen molar-refractivity contribution >= 4 is 0 Å². The molecule has 0 amide bonds. The highest BCUT2D eigenvalue weighted by Gasteiger charge is 2.32. The van der Waals surface area contributed by atoms with Gasteiger partial charge in [0.15, 0.2) is 12.3 Å². The third-order valence-corrected chi connectivity index (χ3v) is 4.81. The quantitative estimate of drug-likeness (QED) is 0.483. The van der Waals surface area contributed by atoms with Crippen LogP contribution >= 0.6 is 0 Å². The van der Waals surface area contributed by atoms with Crippen molar-refractivity contribution in [3.05, 3.63) is 64.7 Å². The molecule has 0 aliphatic rings. The molecule has 0 spiro atoms. The van der Waals surface area contributed by atoms with Gasteiger partial charge in [0, 0.05) is 10.4 Å². The van der Waals surface area contributed by atoms with Crippen molar-refractivity contribution in [1.82, 2.24) is 0 Å². The van der Waals surface area contributed by atoms with E-state index in [9.17, 15) is 0 Å². The molecule has 0 aliphatic carbocycles. The first-order valence-electron chi connectivity index (χ1n) is 9.74. The monoisotopic (exact) mass is 391 g/mol. The number of halogens is 1. The molecule has 0 aromatic heterocycles. The zero-order valence-corrected chi connectivity index (χ0v) is 18.3. The molecule has 0 radical (unpaired) electrons. The molecule has 0 heterocycles. The lowest BCUT2D eigenvalue weighted by Crippen LogP contribution is -3.00. The topological polar surface area (TPSA) is 18.5 Å². The van der Waals surface area contributed by atoms with Crippen LogP contribution in [0, 0.1) is 19.8 Å². The normalized spacial score (nSPS) is 13.1. The first-order chi connectivity index (χ1) is 12.4. The highest BCUT2D eigenvalue weighted by Crippen LogP contribution is 2.25. The average molecular weight is 392 g/mol. The Morgan fingerprint density at radius 3 is 2.19 bits per heavy atom. The predicted octanol–water partition coefficient (Wildman–Crippen LogP) is 2.79. The number of aryl methyl sites for hydroxylation is 1. The fourth-order valence-corrected chi connectivity index (χ4v) is 3.20. The maximum Gasteiger partial charge on any atom is 0.194 e. The summed E-state index contributed by atoms with van der Waals surface area (Å²) in [6, 6.07) is 14.8. The Morgan fingerprint density at radius 2 is 1.63 bits per heavy atom. The summed E-state index contributed by atoms with van der Waals surface area (Å²) in [7, 11) is 0. The van der Waals surface area contributed by atoms with Crippen LogP contribution in [0.3, 0.4) is 0 Å². The Morgan fingerprint density at radius 1 is 0.963 bits per heavy atom. The van der Waals surface area contributed by atoms with Crippen molar-refractivity contribution in [1.29, 1.82) is 0 Å². The van der Waals surface area contributed by atoms with Crippen LogP contribution in [0.2, 0.25) is 0 Å². The summed E-state index contributed by atoms with van der Waals surface area (Å²) in [5.41, 5.74) is 5.20. The Balaban J connectivity index is 0.00000364. The molecule has 0 saturated carbocycles. The molecule has 0 bridgehead atoms. The van der Waals surface area contributed by atoms with E-state index in [1.165, 1.54) is 22.3 Å². The molecule has 2 aromatic rings. The van der Waals surface area contributed by atoms with Crippen LogP contribution in [0.5, 0.6) is 5.75 Å². The maximum absolute atomic E-state index is 6.37. The van der Waals surface area contributed by atoms with Crippen molar-refractivity contribution in [2.45, 2.75) is 54.5 Å². The number of hydrogen-bond acceptors (Lipinski definition) is 2. The highest BCUT2D eigenvalue weighted by molar-refractivity contribution is 5.32. The zero-order chi connectivity index (χ0) is 19.2. The summed E-state index contributed by atoms with van der Waals surface area (Å²) in [6.07, 6.45) is 1.09. The molecular weight excluding hydrogens is 358 g/mol. The third-order valence-electron chi connectivity index (χ3n) is 4.81. The van der Waals surface area contributed by atoms with Gasteiger partial charge >= 0.3 is 0 Å². The van der Waals surface area contributed by atoms with E-state index in [0.29, 0.717) is 19.1 Å². The first-order valence-corrected chi connectivity index (χ1v) is 9.74. The number of quaternary nitrogens is 1. The second-order valence-corrected chi connectivity index (χ2v) is 7.40. The highest BCUT2D eigenvalue weighted by atomic mass is 35.5. The number of rotatable bonds is 9. The van der Waals surface area contributed by atoms with E-state index in [2.05, 4.69) is 77.1 Å². The van der Waals surface area contributed by atoms with E-state index in [-0.39, 0.29) is 17.2 Å². The Bertz CT molecular complexity index is 700. The van der Waals surface area contributed by atoms with Gasteiger partial charge in [0.25, 0.3) is 0 Å². The van der Waals surface area contributed by atoms with Crippen molar-refractivity contribution < 1.29 is 26.9 Å². The lowest BCUT2D eigenvalue weighted by atomic mass is 10.0. The van der Waals surface area contributed by atoms with Gasteiger partial charge in [0.05, 0.1) is 0 Å². The summed E-state index contributed by atoms with van der Waals surface area (Å²) in [6.45, 7) is 14.9. The minimum absolute atomic E-state index is 0. The van der Waals surface area contributed by atoms with Gasteiger partial charge in [-0.1, -0.05) is 44.2 Å². The molecule has 4 heteroatoms. The largest absolute Gasteiger partial charge is 1.00 e. The molecule has 2 aromatic carbocycles. The molecule has 1 atom stereocenters. The van der Waals surface area contributed by atoms with Gasteiger partial charge in [0.1, 0.15) is 13.2 Å². The summed E-state index contributed by atoms with van der Waals surface area (Å²) in [5, 5.41) is 0. The van der Waals surface area contributed by atoms with Crippen LogP contribution < -0.4 is 17.2 Å². The van der Waals surface area contributed by atoms with Crippen LogP contribution in [0.15, 0.2) is 42.5 Å². The molecule has 0 saturated heterocycles. The minimum Gasteiger partial charge on any atom is -1.00 e. The number of hydrogen-bond donors (Lipinski definition) is 0. The fraction of sp³-hybridized carbons (Fsp3) is 0.478. The van der Waals surface area contributed by atoms with E-state index in [1.807, 2.05) is 6.92 Å². The average Bonchev–Trinajstić information content (AvgIpc) is 2.60. The second kappa shape index (κ2) is 10.7. The van der Waals surface area contributed by atoms with Gasteiger partial charge in [-0.3, -0.25) is 4.84 Å². The first kappa shape index (κ1) is 23.5. The summed E-state index contributed by atoms with van der Waals surface area (Å²) in [5.74, 6) is 1.50. The van der Waals surface area contributed by atoms with Crippen molar-refractivity contribution in [2.24, 2.45) is 5.92 Å². The smallest absolute Gasteiger partial charge is 0.194 e. The van der Waals surface area contributed by atoms with E-state index >= 15 is 0 Å². The Hall–Kier alpha value is -1.55. The molecular formula is C23H34ClNO2. The van der Waals surface area contributed by atoms with Crippen LogP contribution in [0.25, 0.3) is 0 Å². The van der Waals surface area contributed by atoms with Crippen LogP contribution in [-0.2, 0) is 17.8 Å². The lowest BCUT2D eigenvalue weighted by molar-refractivity contribution is -1.23.